The smallest absolute Gasteiger partial charge is 0.408 e. The predicted molar refractivity (Wildman–Crippen MR) is 116 cm³/mol. The lowest BCUT2D eigenvalue weighted by atomic mass is 10.1. The van der Waals surface area contributed by atoms with Crippen LogP contribution in [0.4, 0.5) is 4.79 Å². The van der Waals surface area contributed by atoms with Gasteiger partial charge in [-0.05, 0) is 57.5 Å². The van der Waals surface area contributed by atoms with E-state index >= 15 is 0 Å². The highest BCUT2D eigenvalue weighted by Gasteiger charge is 2.73. The number of amides is 1. The summed E-state index contributed by atoms with van der Waals surface area (Å²) in [4.78, 5) is 25.0. The molecular weight excluding hydrogens is 434 g/mol. The third kappa shape index (κ3) is 3.81. The minimum absolute atomic E-state index is 0.0591. The summed E-state index contributed by atoms with van der Waals surface area (Å²) in [6.07, 6.45) is -0.375. The fourth-order valence-corrected chi connectivity index (χ4v) is 6.29. The van der Waals surface area contributed by atoms with Gasteiger partial charge < -0.3 is 24.3 Å². The molecule has 0 radical (unpaired) electrons. The van der Waals surface area contributed by atoms with Crippen LogP contribution in [0.5, 0.6) is 11.5 Å². The zero-order valence-corrected chi connectivity index (χ0v) is 19.1. The van der Waals surface area contributed by atoms with Crippen molar-refractivity contribution in [3.05, 3.63) is 53.6 Å². The van der Waals surface area contributed by atoms with Gasteiger partial charge >= 0.3 is 6.09 Å². The zero-order chi connectivity index (χ0) is 23.3. The van der Waals surface area contributed by atoms with Crippen molar-refractivity contribution >= 4 is 22.2 Å². The van der Waals surface area contributed by atoms with E-state index in [0.29, 0.717) is 23.3 Å². The number of nitrogens with one attached hydrogen (secondary N) is 1. The van der Waals surface area contributed by atoms with E-state index in [0.717, 1.165) is 5.56 Å². The number of ether oxygens (including phenoxy) is 3. The molecule has 1 N–H and O–H groups in total. The van der Waals surface area contributed by atoms with Gasteiger partial charge in [-0.3, -0.25) is 0 Å². The molecule has 1 heterocycles. The summed E-state index contributed by atoms with van der Waals surface area (Å²) in [5.41, 5.74) is -1.05. The Bertz CT molecular complexity index is 1170. The van der Waals surface area contributed by atoms with E-state index < -0.39 is 38.2 Å². The van der Waals surface area contributed by atoms with Gasteiger partial charge in [-0.2, -0.15) is 0 Å². The molecule has 0 unspecified atom stereocenters. The standard InChI is InChI=1S/C23H25NO7S/c1-14-5-8-16(9-6-14)32(27,28)20-19(15-7-10-17-18(11-15)30-13-29-17)23(20,12-25)24-21(26)31-22(2,3)4/h5-12,19-20H,13H2,1-4H3,(H,24,26)/t19-,20-,23+/m1/s1. The van der Waals surface area contributed by atoms with Crippen molar-refractivity contribution in [3.63, 3.8) is 0 Å². The Hall–Kier alpha value is -3.07. The number of alkyl carbamates (subject to hydrolysis) is 1. The van der Waals surface area contributed by atoms with Gasteiger partial charge in [0.2, 0.25) is 6.79 Å². The SMILES string of the molecule is Cc1ccc(S(=O)(=O)[C@@H]2[C@@H](c3ccc4c(c3)OCO4)[C@]2(C=O)NC(=O)OC(C)(C)C)cc1. The maximum atomic E-state index is 13.6. The molecular formula is C23H25NO7S. The van der Waals surface area contributed by atoms with Crippen molar-refractivity contribution in [3.8, 4) is 11.5 Å². The highest BCUT2D eigenvalue weighted by Crippen LogP contribution is 2.57. The van der Waals surface area contributed by atoms with E-state index in [2.05, 4.69) is 5.32 Å². The number of carbonyl (C=O) groups is 2. The molecule has 9 heteroatoms. The van der Waals surface area contributed by atoms with E-state index in [1.807, 2.05) is 6.92 Å². The fraction of sp³-hybridized carbons (Fsp3) is 0.391. The Labute approximate surface area is 186 Å². The topological polar surface area (TPSA) is 108 Å². The van der Waals surface area contributed by atoms with Crippen molar-refractivity contribution < 1.29 is 32.2 Å². The van der Waals surface area contributed by atoms with Gasteiger partial charge in [0.25, 0.3) is 0 Å². The first-order valence-electron chi connectivity index (χ1n) is 10.2. The van der Waals surface area contributed by atoms with E-state index in [9.17, 15) is 18.0 Å². The number of carbonyl (C=O) groups excluding carboxylic acids is 2. The number of rotatable bonds is 5. The molecule has 170 valence electrons. The van der Waals surface area contributed by atoms with Crippen LogP contribution in [-0.4, -0.2) is 44.0 Å². The lowest BCUT2D eigenvalue weighted by Gasteiger charge is -2.22. The van der Waals surface area contributed by atoms with Crippen molar-refractivity contribution in [2.24, 2.45) is 0 Å². The Morgan fingerprint density at radius 1 is 1.12 bits per heavy atom. The van der Waals surface area contributed by atoms with Crippen molar-refractivity contribution in [1.29, 1.82) is 0 Å². The third-order valence-electron chi connectivity index (χ3n) is 5.53. The van der Waals surface area contributed by atoms with Crippen LogP contribution in [0.25, 0.3) is 0 Å². The number of benzene rings is 2. The van der Waals surface area contributed by atoms with Gasteiger partial charge in [0.15, 0.2) is 21.3 Å². The molecule has 1 saturated carbocycles. The van der Waals surface area contributed by atoms with E-state index in [4.69, 9.17) is 14.2 Å². The average Bonchev–Trinajstić information content (AvgIpc) is 3.13. The van der Waals surface area contributed by atoms with Crippen molar-refractivity contribution in [1.82, 2.24) is 5.32 Å². The van der Waals surface area contributed by atoms with E-state index in [-0.39, 0.29) is 11.7 Å². The van der Waals surface area contributed by atoms with Crippen molar-refractivity contribution in [2.45, 2.75) is 54.9 Å². The van der Waals surface area contributed by atoms with Crippen LogP contribution in [0.15, 0.2) is 47.4 Å². The number of aryl methyl sites for hydroxylation is 1. The molecule has 0 bridgehead atoms. The summed E-state index contributed by atoms with van der Waals surface area (Å²) in [5.74, 6) is 0.162. The summed E-state index contributed by atoms with van der Waals surface area (Å²) in [7, 11) is -3.98. The third-order valence-corrected chi connectivity index (χ3v) is 7.79. The molecule has 0 spiro atoms. The first-order valence-corrected chi connectivity index (χ1v) is 11.7. The molecule has 4 rings (SSSR count). The number of aldehydes is 1. The Morgan fingerprint density at radius 3 is 2.41 bits per heavy atom. The summed E-state index contributed by atoms with van der Waals surface area (Å²) in [5, 5.41) is 1.34. The Morgan fingerprint density at radius 2 is 1.78 bits per heavy atom. The number of hydrogen-bond acceptors (Lipinski definition) is 7. The Kier molecular flexibility index (Phi) is 5.20. The van der Waals surface area contributed by atoms with Gasteiger partial charge in [-0.25, -0.2) is 13.2 Å². The molecule has 3 atom stereocenters. The number of sulfone groups is 1. The van der Waals surface area contributed by atoms with E-state index in [1.165, 1.54) is 12.1 Å². The second-order valence-electron chi connectivity index (χ2n) is 9.05. The normalized spacial score (nSPS) is 24.0. The molecule has 32 heavy (non-hydrogen) atoms. The van der Waals surface area contributed by atoms with Crippen LogP contribution in [-0.2, 0) is 19.4 Å². The van der Waals surface area contributed by atoms with Crippen LogP contribution in [0, 0.1) is 6.92 Å². The van der Waals surface area contributed by atoms with Crippen LogP contribution in [0.3, 0.4) is 0 Å². The van der Waals surface area contributed by atoms with Gasteiger partial charge in [-0.1, -0.05) is 23.8 Å². The molecule has 1 amide bonds. The summed E-state index contributed by atoms with van der Waals surface area (Å²) in [6, 6.07) is 11.4. The van der Waals surface area contributed by atoms with Gasteiger partial charge in [-0.15, -0.1) is 0 Å². The van der Waals surface area contributed by atoms with Crippen LogP contribution in [0.1, 0.15) is 37.8 Å². The summed E-state index contributed by atoms with van der Waals surface area (Å²) < 4.78 is 43.2. The second-order valence-corrected chi connectivity index (χ2v) is 11.1. The lowest BCUT2D eigenvalue weighted by molar-refractivity contribution is -0.110. The zero-order valence-electron chi connectivity index (χ0n) is 18.2. The monoisotopic (exact) mass is 459 g/mol. The maximum absolute atomic E-state index is 13.6. The van der Waals surface area contributed by atoms with Gasteiger partial charge in [0, 0.05) is 5.92 Å². The van der Waals surface area contributed by atoms with Crippen LogP contribution in [0.2, 0.25) is 0 Å². The number of fused-ring (bicyclic) bond motifs is 1. The molecule has 1 aliphatic carbocycles. The first-order chi connectivity index (χ1) is 15.0. The molecule has 2 aliphatic rings. The van der Waals surface area contributed by atoms with Gasteiger partial charge in [0.05, 0.1) is 4.90 Å². The van der Waals surface area contributed by atoms with Crippen LogP contribution < -0.4 is 14.8 Å². The summed E-state index contributed by atoms with van der Waals surface area (Å²) >= 11 is 0. The molecule has 1 fully saturated rings. The minimum atomic E-state index is -3.98. The largest absolute Gasteiger partial charge is 0.454 e. The number of hydrogen-bond donors (Lipinski definition) is 1. The molecule has 0 aromatic heterocycles. The molecule has 2 aromatic rings. The quantitative estimate of drug-likeness (QED) is 0.685. The molecule has 2 aromatic carbocycles. The molecule has 1 aliphatic heterocycles. The Balaban J connectivity index is 1.76. The second kappa shape index (κ2) is 7.51. The predicted octanol–water partition coefficient (Wildman–Crippen LogP) is 3.13. The maximum Gasteiger partial charge on any atom is 0.408 e. The van der Waals surface area contributed by atoms with Gasteiger partial charge in [0.1, 0.15) is 22.7 Å². The van der Waals surface area contributed by atoms with Crippen LogP contribution >= 0.6 is 0 Å². The fourth-order valence-electron chi connectivity index (χ4n) is 4.04. The van der Waals surface area contributed by atoms with E-state index in [1.54, 1.807) is 51.1 Å². The average molecular weight is 460 g/mol. The summed E-state index contributed by atoms with van der Waals surface area (Å²) in [6.45, 7) is 6.96. The highest BCUT2D eigenvalue weighted by atomic mass is 32.2. The van der Waals surface area contributed by atoms with Crippen molar-refractivity contribution in [2.75, 3.05) is 6.79 Å². The highest BCUT2D eigenvalue weighted by molar-refractivity contribution is 7.92. The first kappa shape index (κ1) is 22.1. The molecule has 0 saturated heterocycles. The lowest BCUT2D eigenvalue weighted by Crippen LogP contribution is -2.45. The molecule has 8 nitrogen and oxygen atoms in total. The minimum Gasteiger partial charge on any atom is -0.454 e.